The third-order valence-electron chi connectivity index (χ3n) is 15.4. The van der Waals surface area contributed by atoms with Gasteiger partial charge in [-0.1, -0.05) is 325 Å². The summed E-state index contributed by atoms with van der Waals surface area (Å²) >= 11 is 0. The van der Waals surface area contributed by atoms with Crippen molar-refractivity contribution in [3.63, 3.8) is 0 Å². The van der Waals surface area contributed by atoms with E-state index in [4.69, 9.17) is 14.2 Å². The molecule has 0 aromatic heterocycles. The van der Waals surface area contributed by atoms with Crippen molar-refractivity contribution in [1.29, 1.82) is 0 Å². The molecule has 0 rings (SSSR count). The van der Waals surface area contributed by atoms with E-state index >= 15 is 0 Å². The molecule has 6 nitrogen and oxygen atoms in total. The van der Waals surface area contributed by atoms with E-state index in [0.717, 1.165) is 96.3 Å². The van der Waals surface area contributed by atoms with Crippen LogP contribution in [0.2, 0.25) is 0 Å². The summed E-state index contributed by atoms with van der Waals surface area (Å²) in [5.74, 6) is -0.858. The number of hydrogen-bond acceptors (Lipinski definition) is 6. The Kier molecular flexibility index (Phi) is 65.7. The molecular formula is C74H132O6. The molecule has 464 valence electrons. The molecule has 0 aliphatic rings. The van der Waals surface area contributed by atoms with Gasteiger partial charge in [-0.05, 0) is 89.9 Å². The lowest BCUT2D eigenvalue weighted by atomic mass is 10.0. The Bertz CT molecular complexity index is 1470. The van der Waals surface area contributed by atoms with Crippen molar-refractivity contribution in [3.8, 4) is 0 Å². The van der Waals surface area contributed by atoms with Crippen LogP contribution in [-0.2, 0) is 28.6 Å². The summed E-state index contributed by atoms with van der Waals surface area (Å²) in [5, 5.41) is 0. The third-order valence-corrected chi connectivity index (χ3v) is 15.4. The van der Waals surface area contributed by atoms with Gasteiger partial charge in [0.2, 0.25) is 0 Å². The third kappa shape index (κ3) is 65.7. The highest BCUT2D eigenvalue weighted by atomic mass is 16.6. The number of ether oxygens (including phenoxy) is 3. The van der Waals surface area contributed by atoms with Crippen LogP contribution in [0.25, 0.3) is 0 Å². The Labute approximate surface area is 497 Å². The van der Waals surface area contributed by atoms with Crippen molar-refractivity contribution in [1.82, 2.24) is 0 Å². The summed E-state index contributed by atoms with van der Waals surface area (Å²) in [5.41, 5.74) is 0. The number of rotatable bonds is 64. The van der Waals surface area contributed by atoms with E-state index in [9.17, 15) is 14.4 Å². The molecule has 0 aliphatic heterocycles. The molecule has 1 unspecified atom stereocenters. The van der Waals surface area contributed by atoms with Crippen LogP contribution in [0.5, 0.6) is 0 Å². The maximum absolute atomic E-state index is 12.9. The SMILES string of the molecule is CC/C=C\C/C=C\C/C=C\C/C=C\CCCCCCCCCCCCCCCCCCC(=O)OCC(COC(=O)CCCCCCCCCCCCCCCCC)OC(=O)CCCCCCCCC/C=C\C/C=C\CCCCCC. The van der Waals surface area contributed by atoms with Crippen molar-refractivity contribution in [3.05, 3.63) is 72.9 Å². The number of carbonyl (C=O) groups is 3. The van der Waals surface area contributed by atoms with Crippen molar-refractivity contribution >= 4 is 17.9 Å². The van der Waals surface area contributed by atoms with Gasteiger partial charge in [-0.25, -0.2) is 0 Å². The van der Waals surface area contributed by atoms with E-state index in [-0.39, 0.29) is 31.1 Å². The number of allylic oxidation sites excluding steroid dienone is 12. The van der Waals surface area contributed by atoms with Crippen molar-refractivity contribution in [2.24, 2.45) is 0 Å². The van der Waals surface area contributed by atoms with Gasteiger partial charge >= 0.3 is 17.9 Å². The summed E-state index contributed by atoms with van der Waals surface area (Å²) in [4.78, 5) is 38.4. The molecule has 0 bridgehead atoms. The second kappa shape index (κ2) is 68.3. The first-order valence-electron chi connectivity index (χ1n) is 34.9. The molecule has 0 saturated carbocycles. The summed E-state index contributed by atoms with van der Waals surface area (Å²) in [7, 11) is 0. The largest absolute Gasteiger partial charge is 0.462 e. The van der Waals surface area contributed by atoms with E-state index in [0.29, 0.717) is 19.3 Å². The van der Waals surface area contributed by atoms with Crippen LogP contribution in [0.15, 0.2) is 72.9 Å². The zero-order valence-electron chi connectivity index (χ0n) is 53.3. The van der Waals surface area contributed by atoms with Gasteiger partial charge in [0.05, 0.1) is 0 Å². The van der Waals surface area contributed by atoms with Crippen LogP contribution in [0.3, 0.4) is 0 Å². The molecule has 0 aromatic rings. The minimum absolute atomic E-state index is 0.0732. The minimum Gasteiger partial charge on any atom is -0.462 e. The van der Waals surface area contributed by atoms with Crippen LogP contribution in [-0.4, -0.2) is 37.2 Å². The van der Waals surface area contributed by atoms with Gasteiger partial charge in [-0.2, -0.15) is 0 Å². The lowest BCUT2D eigenvalue weighted by Gasteiger charge is -2.18. The highest BCUT2D eigenvalue weighted by Gasteiger charge is 2.19. The maximum Gasteiger partial charge on any atom is 0.306 e. The van der Waals surface area contributed by atoms with E-state index in [1.807, 2.05) is 0 Å². The molecule has 0 saturated heterocycles. The number of esters is 3. The Morgan fingerprint density at radius 3 is 0.775 bits per heavy atom. The second-order valence-corrected chi connectivity index (χ2v) is 23.4. The minimum atomic E-state index is -0.778. The molecule has 6 heteroatoms. The zero-order valence-corrected chi connectivity index (χ0v) is 53.3. The summed E-state index contributed by atoms with van der Waals surface area (Å²) in [6.45, 7) is 6.56. The topological polar surface area (TPSA) is 78.9 Å². The molecule has 80 heavy (non-hydrogen) atoms. The number of unbranched alkanes of at least 4 members (excludes halogenated alkanes) is 41. The lowest BCUT2D eigenvalue weighted by molar-refractivity contribution is -0.167. The Balaban J connectivity index is 4.25. The van der Waals surface area contributed by atoms with Crippen LogP contribution >= 0.6 is 0 Å². The van der Waals surface area contributed by atoms with E-state index < -0.39 is 6.10 Å². The highest BCUT2D eigenvalue weighted by molar-refractivity contribution is 5.71. The molecule has 1 atom stereocenters. The maximum atomic E-state index is 12.9. The fraction of sp³-hybridized carbons (Fsp3) is 0.797. The van der Waals surface area contributed by atoms with E-state index in [1.165, 1.54) is 225 Å². The number of carbonyl (C=O) groups excluding carboxylic acids is 3. The predicted molar refractivity (Wildman–Crippen MR) is 348 cm³/mol. The van der Waals surface area contributed by atoms with Crippen LogP contribution < -0.4 is 0 Å². The monoisotopic (exact) mass is 1120 g/mol. The first-order chi connectivity index (χ1) is 39.5. The van der Waals surface area contributed by atoms with Gasteiger partial charge in [-0.3, -0.25) is 14.4 Å². The van der Waals surface area contributed by atoms with E-state index in [2.05, 4.69) is 93.7 Å². The van der Waals surface area contributed by atoms with Crippen molar-refractivity contribution in [2.45, 2.75) is 367 Å². The molecule has 0 N–H and O–H groups in total. The van der Waals surface area contributed by atoms with Crippen LogP contribution in [0, 0.1) is 0 Å². The Hall–Kier alpha value is -3.15. The molecule has 0 heterocycles. The van der Waals surface area contributed by atoms with Gasteiger partial charge in [-0.15, -0.1) is 0 Å². The molecule has 0 radical (unpaired) electrons. The first kappa shape index (κ1) is 76.9. The molecule has 0 fully saturated rings. The second-order valence-electron chi connectivity index (χ2n) is 23.4. The van der Waals surface area contributed by atoms with E-state index in [1.54, 1.807) is 0 Å². The molecule has 0 amide bonds. The molecule has 0 spiro atoms. The summed E-state index contributed by atoms with van der Waals surface area (Å²) < 4.78 is 17.0. The van der Waals surface area contributed by atoms with Crippen LogP contribution in [0.1, 0.15) is 361 Å². The number of hydrogen-bond donors (Lipinski definition) is 0. The molecule has 0 aliphatic carbocycles. The van der Waals surface area contributed by atoms with Gasteiger partial charge < -0.3 is 14.2 Å². The fourth-order valence-corrected chi connectivity index (χ4v) is 10.2. The molecular weight excluding hydrogens is 985 g/mol. The average Bonchev–Trinajstić information content (AvgIpc) is 3.46. The lowest BCUT2D eigenvalue weighted by Crippen LogP contribution is -2.30. The quantitative estimate of drug-likeness (QED) is 0.0261. The van der Waals surface area contributed by atoms with Gasteiger partial charge in [0, 0.05) is 19.3 Å². The standard InChI is InChI=1S/C74H132O6/c1-4-7-10-13-16-19-22-25-28-30-32-33-34-35-36-37-38-39-40-41-42-44-46-49-52-55-58-61-64-67-73(76)79-70-71(69-78-72(75)66-63-60-57-54-51-48-45-27-24-21-18-15-12-9-6-3)80-74(77)68-65-62-59-56-53-50-47-43-31-29-26-23-20-17-14-11-8-5-2/h7,10,16,19-20,23,25,28-29,31-33,71H,4-6,8-9,11-15,17-18,21-22,24,26-27,30,34-70H2,1-3H3/b10-7-,19-16-,23-20-,28-25-,31-29-,33-32-. The summed E-state index contributed by atoms with van der Waals surface area (Å²) in [6.07, 6.45) is 89.2. The Morgan fingerprint density at radius 1 is 0.263 bits per heavy atom. The van der Waals surface area contributed by atoms with Gasteiger partial charge in [0.1, 0.15) is 13.2 Å². The predicted octanol–water partition coefficient (Wildman–Crippen LogP) is 24.1. The highest BCUT2D eigenvalue weighted by Crippen LogP contribution is 2.18. The smallest absolute Gasteiger partial charge is 0.306 e. The van der Waals surface area contributed by atoms with Gasteiger partial charge in [0.15, 0.2) is 6.10 Å². The zero-order chi connectivity index (χ0) is 57.8. The Morgan fingerprint density at radius 2 is 0.487 bits per heavy atom. The van der Waals surface area contributed by atoms with Gasteiger partial charge in [0.25, 0.3) is 0 Å². The van der Waals surface area contributed by atoms with Crippen molar-refractivity contribution in [2.75, 3.05) is 13.2 Å². The first-order valence-corrected chi connectivity index (χ1v) is 34.9. The summed E-state index contributed by atoms with van der Waals surface area (Å²) in [6, 6.07) is 0. The molecule has 0 aromatic carbocycles. The normalized spacial score (nSPS) is 12.5. The van der Waals surface area contributed by atoms with Crippen LogP contribution in [0.4, 0.5) is 0 Å². The fourth-order valence-electron chi connectivity index (χ4n) is 10.2. The van der Waals surface area contributed by atoms with Crippen molar-refractivity contribution < 1.29 is 28.6 Å². The average molecular weight is 1120 g/mol.